The van der Waals surface area contributed by atoms with E-state index >= 15 is 0 Å². The van der Waals surface area contributed by atoms with Crippen LogP contribution < -0.4 is 10.5 Å². The first-order valence-corrected chi connectivity index (χ1v) is 6.96. The lowest BCUT2D eigenvalue weighted by atomic mass is 10.1. The van der Waals surface area contributed by atoms with Crippen molar-refractivity contribution >= 4 is 0 Å². The first kappa shape index (κ1) is 14.6. The lowest BCUT2D eigenvalue weighted by Gasteiger charge is -2.13. The molecule has 2 rings (SSSR count). The zero-order chi connectivity index (χ0) is 14.4. The molecular formula is C17H21NO2. The number of para-hydroxylation sites is 1. The van der Waals surface area contributed by atoms with Crippen LogP contribution in [0.4, 0.5) is 0 Å². The highest BCUT2D eigenvalue weighted by atomic mass is 16.5. The number of hydrogen-bond acceptors (Lipinski definition) is 3. The molecule has 1 atom stereocenters. The van der Waals surface area contributed by atoms with Gasteiger partial charge in [0.2, 0.25) is 0 Å². The van der Waals surface area contributed by atoms with Crippen LogP contribution in [0.2, 0.25) is 0 Å². The second-order valence-corrected chi connectivity index (χ2v) is 4.77. The van der Waals surface area contributed by atoms with Crippen molar-refractivity contribution in [3.8, 4) is 11.5 Å². The molecule has 0 aromatic heterocycles. The van der Waals surface area contributed by atoms with E-state index in [1.807, 2.05) is 48.5 Å². The summed E-state index contributed by atoms with van der Waals surface area (Å²) in [4.78, 5) is 0. The number of rotatable bonds is 6. The van der Waals surface area contributed by atoms with Crippen molar-refractivity contribution in [1.82, 2.24) is 0 Å². The Morgan fingerprint density at radius 3 is 2.70 bits per heavy atom. The minimum atomic E-state index is 0.0336. The molecule has 20 heavy (non-hydrogen) atoms. The monoisotopic (exact) mass is 271 g/mol. The number of nitrogens with two attached hydrogens (primary N) is 1. The number of hydrogen-bond donors (Lipinski definition) is 2. The first-order valence-electron chi connectivity index (χ1n) is 6.96. The Bertz CT molecular complexity index is 554. The normalized spacial score (nSPS) is 12.2. The van der Waals surface area contributed by atoms with E-state index in [0.29, 0.717) is 6.42 Å². The van der Waals surface area contributed by atoms with Gasteiger partial charge in [-0.1, -0.05) is 37.3 Å². The van der Waals surface area contributed by atoms with E-state index in [1.165, 1.54) is 0 Å². The van der Waals surface area contributed by atoms with E-state index in [2.05, 4.69) is 6.92 Å². The Morgan fingerprint density at radius 2 is 1.95 bits per heavy atom. The van der Waals surface area contributed by atoms with Gasteiger partial charge in [0.1, 0.15) is 11.5 Å². The molecule has 0 aliphatic carbocycles. The highest BCUT2D eigenvalue weighted by Gasteiger charge is 2.07. The molecule has 0 spiro atoms. The standard InChI is InChI=1S/C17H21NO2/c1-2-16(18)14-7-5-8-15(12-14)20-17-9-4-3-6-13(17)10-11-19/h3-9,12,16,19H,2,10-11,18H2,1H3. The van der Waals surface area contributed by atoms with Crippen molar-refractivity contribution in [2.24, 2.45) is 5.73 Å². The quantitative estimate of drug-likeness (QED) is 0.846. The van der Waals surface area contributed by atoms with Crippen LogP contribution in [0.25, 0.3) is 0 Å². The molecule has 0 saturated carbocycles. The van der Waals surface area contributed by atoms with Gasteiger partial charge >= 0.3 is 0 Å². The summed E-state index contributed by atoms with van der Waals surface area (Å²) in [6.45, 7) is 2.18. The van der Waals surface area contributed by atoms with Gasteiger partial charge in [0.05, 0.1) is 0 Å². The number of ether oxygens (including phenoxy) is 1. The average Bonchev–Trinajstić information content (AvgIpc) is 2.49. The van der Waals surface area contributed by atoms with Gasteiger partial charge in [-0.2, -0.15) is 0 Å². The Kier molecular flexibility index (Phi) is 5.16. The molecule has 0 amide bonds. The average molecular weight is 271 g/mol. The molecular weight excluding hydrogens is 250 g/mol. The van der Waals surface area contributed by atoms with Crippen LogP contribution in [0.5, 0.6) is 11.5 Å². The molecule has 1 unspecified atom stereocenters. The molecule has 0 saturated heterocycles. The third kappa shape index (κ3) is 3.59. The smallest absolute Gasteiger partial charge is 0.130 e. The fourth-order valence-electron chi connectivity index (χ4n) is 2.10. The first-order chi connectivity index (χ1) is 9.74. The van der Waals surface area contributed by atoms with Crippen molar-refractivity contribution in [3.05, 3.63) is 59.7 Å². The molecule has 0 bridgehead atoms. The van der Waals surface area contributed by atoms with Gasteiger partial charge in [0.15, 0.2) is 0 Å². The molecule has 2 aromatic carbocycles. The summed E-state index contributed by atoms with van der Waals surface area (Å²) in [5.74, 6) is 1.56. The van der Waals surface area contributed by atoms with E-state index < -0.39 is 0 Å². The van der Waals surface area contributed by atoms with Crippen molar-refractivity contribution in [2.75, 3.05) is 6.61 Å². The highest BCUT2D eigenvalue weighted by molar-refractivity contribution is 5.39. The maximum absolute atomic E-state index is 9.09. The topological polar surface area (TPSA) is 55.5 Å². The second kappa shape index (κ2) is 7.08. The maximum atomic E-state index is 9.09. The molecule has 3 N–H and O–H groups in total. The Hall–Kier alpha value is -1.84. The van der Waals surface area contributed by atoms with Crippen LogP contribution in [-0.4, -0.2) is 11.7 Å². The lowest BCUT2D eigenvalue weighted by molar-refractivity contribution is 0.298. The van der Waals surface area contributed by atoms with Crippen LogP contribution in [0.15, 0.2) is 48.5 Å². The van der Waals surface area contributed by atoms with Gasteiger partial charge in [0, 0.05) is 12.6 Å². The van der Waals surface area contributed by atoms with E-state index in [1.54, 1.807) is 0 Å². The SMILES string of the molecule is CCC(N)c1cccc(Oc2ccccc2CCO)c1. The van der Waals surface area contributed by atoms with Gasteiger partial charge in [0.25, 0.3) is 0 Å². The summed E-state index contributed by atoms with van der Waals surface area (Å²) in [7, 11) is 0. The fraction of sp³-hybridized carbons (Fsp3) is 0.294. The zero-order valence-electron chi connectivity index (χ0n) is 11.8. The van der Waals surface area contributed by atoms with Gasteiger partial charge in [-0.3, -0.25) is 0 Å². The number of aliphatic hydroxyl groups is 1. The fourth-order valence-corrected chi connectivity index (χ4v) is 2.10. The van der Waals surface area contributed by atoms with E-state index in [-0.39, 0.29) is 12.6 Å². The molecule has 0 aliphatic heterocycles. The number of aliphatic hydroxyl groups excluding tert-OH is 1. The largest absolute Gasteiger partial charge is 0.457 e. The Labute approximate surface area is 120 Å². The minimum Gasteiger partial charge on any atom is -0.457 e. The van der Waals surface area contributed by atoms with Gasteiger partial charge in [-0.05, 0) is 42.2 Å². The third-order valence-electron chi connectivity index (χ3n) is 3.31. The Balaban J connectivity index is 2.22. The molecule has 3 heteroatoms. The predicted octanol–water partition coefficient (Wildman–Crippen LogP) is 3.42. The summed E-state index contributed by atoms with van der Waals surface area (Å²) in [5.41, 5.74) is 8.12. The molecule has 0 fully saturated rings. The molecule has 0 aliphatic rings. The van der Waals surface area contributed by atoms with E-state index in [9.17, 15) is 0 Å². The highest BCUT2D eigenvalue weighted by Crippen LogP contribution is 2.27. The molecule has 0 radical (unpaired) electrons. The summed E-state index contributed by atoms with van der Waals surface area (Å²) in [6.07, 6.45) is 1.48. The van der Waals surface area contributed by atoms with Gasteiger partial charge in [-0.25, -0.2) is 0 Å². The maximum Gasteiger partial charge on any atom is 0.130 e. The van der Waals surface area contributed by atoms with Crippen LogP contribution in [0.1, 0.15) is 30.5 Å². The molecule has 106 valence electrons. The molecule has 0 heterocycles. The van der Waals surface area contributed by atoms with E-state index in [4.69, 9.17) is 15.6 Å². The molecule has 3 nitrogen and oxygen atoms in total. The summed E-state index contributed by atoms with van der Waals surface area (Å²) < 4.78 is 5.93. The van der Waals surface area contributed by atoms with Crippen LogP contribution >= 0.6 is 0 Å². The lowest BCUT2D eigenvalue weighted by Crippen LogP contribution is -2.08. The van der Waals surface area contributed by atoms with Gasteiger partial charge < -0.3 is 15.6 Å². The van der Waals surface area contributed by atoms with Crippen LogP contribution in [0.3, 0.4) is 0 Å². The van der Waals surface area contributed by atoms with Gasteiger partial charge in [-0.15, -0.1) is 0 Å². The third-order valence-corrected chi connectivity index (χ3v) is 3.31. The van der Waals surface area contributed by atoms with Crippen molar-refractivity contribution < 1.29 is 9.84 Å². The minimum absolute atomic E-state index is 0.0336. The van der Waals surface area contributed by atoms with Crippen LogP contribution in [-0.2, 0) is 6.42 Å². The van der Waals surface area contributed by atoms with Crippen molar-refractivity contribution in [2.45, 2.75) is 25.8 Å². The number of benzene rings is 2. The van der Waals surface area contributed by atoms with Crippen molar-refractivity contribution in [1.29, 1.82) is 0 Å². The second-order valence-electron chi connectivity index (χ2n) is 4.77. The summed E-state index contributed by atoms with van der Waals surface area (Å²) in [6, 6.07) is 15.6. The summed E-state index contributed by atoms with van der Waals surface area (Å²) >= 11 is 0. The summed E-state index contributed by atoms with van der Waals surface area (Å²) in [5, 5.41) is 9.09. The predicted molar refractivity (Wildman–Crippen MR) is 81.0 cm³/mol. The Morgan fingerprint density at radius 1 is 1.15 bits per heavy atom. The van der Waals surface area contributed by atoms with Crippen LogP contribution in [0, 0.1) is 0 Å². The van der Waals surface area contributed by atoms with Crippen molar-refractivity contribution in [3.63, 3.8) is 0 Å². The van der Waals surface area contributed by atoms with E-state index in [0.717, 1.165) is 29.0 Å². The zero-order valence-corrected chi connectivity index (χ0v) is 11.8. The molecule has 2 aromatic rings.